The normalized spacial score (nSPS) is 32.2. The predicted octanol–water partition coefficient (Wildman–Crippen LogP) is 0.434. The zero-order valence-corrected chi connectivity index (χ0v) is 10.1. The second-order valence-corrected chi connectivity index (χ2v) is 4.94. The van der Waals surface area contributed by atoms with E-state index >= 15 is 0 Å². The second kappa shape index (κ2) is 4.23. The van der Waals surface area contributed by atoms with Gasteiger partial charge >= 0.3 is 0 Å². The fourth-order valence-corrected chi connectivity index (χ4v) is 2.72. The van der Waals surface area contributed by atoms with Gasteiger partial charge in [-0.15, -0.1) is 0 Å². The van der Waals surface area contributed by atoms with Crippen molar-refractivity contribution in [3.05, 3.63) is 18.5 Å². The molecule has 0 bridgehead atoms. The summed E-state index contributed by atoms with van der Waals surface area (Å²) in [4.78, 5) is 10.7. The maximum absolute atomic E-state index is 6.00. The topological polar surface area (TPSA) is 50.3 Å². The highest BCUT2D eigenvalue weighted by molar-refractivity contribution is 5.30. The van der Waals surface area contributed by atoms with E-state index in [9.17, 15) is 0 Å². The van der Waals surface area contributed by atoms with E-state index in [2.05, 4.69) is 20.2 Å². The number of likely N-dealkylation sites (N-methyl/N-ethyl adjacent to an activating group) is 1. The molecule has 2 atom stereocenters. The Morgan fingerprint density at radius 3 is 3.00 bits per heavy atom. The van der Waals surface area contributed by atoms with E-state index in [1.807, 2.05) is 13.1 Å². The van der Waals surface area contributed by atoms with Gasteiger partial charge in [-0.1, -0.05) is 0 Å². The minimum absolute atomic E-state index is 0.0632. The molecule has 2 aliphatic rings. The third-order valence-corrected chi connectivity index (χ3v) is 3.81. The third kappa shape index (κ3) is 2.00. The molecule has 17 heavy (non-hydrogen) atoms. The van der Waals surface area contributed by atoms with E-state index < -0.39 is 0 Å². The average molecular weight is 234 g/mol. The van der Waals surface area contributed by atoms with Crippen LogP contribution in [0.15, 0.2) is 18.5 Å². The van der Waals surface area contributed by atoms with Gasteiger partial charge in [0.25, 0.3) is 0 Å². The molecule has 2 aliphatic heterocycles. The quantitative estimate of drug-likeness (QED) is 0.804. The molecule has 0 amide bonds. The first-order valence-electron chi connectivity index (χ1n) is 6.14. The van der Waals surface area contributed by atoms with E-state index in [0.29, 0.717) is 6.04 Å². The number of rotatable bonds is 2. The van der Waals surface area contributed by atoms with Crippen LogP contribution >= 0.6 is 0 Å². The Labute approximate surface area is 101 Å². The van der Waals surface area contributed by atoms with Crippen LogP contribution in [-0.2, 0) is 4.74 Å². The van der Waals surface area contributed by atoms with Gasteiger partial charge in [-0.25, -0.2) is 9.97 Å². The largest absolute Gasteiger partial charge is 0.371 e. The highest BCUT2D eigenvalue weighted by Gasteiger charge is 2.44. The lowest BCUT2D eigenvalue weighted by Crippen LogP contribution is -2.36. The minimum atomic E-state index is 0.0632. The van der Waals surface area contributed by atoms with E-state index in [0.717, 1.165) is 38.5 Å². The van der Waals surface area contributed by atoms with Crippen molar-refractivity contribution in [1.29, 1.82) is 0 Å². The SMILES string of the molecule is CN(c1ncccn1)C1COC2(CCNC2)C1. The molecule has 3 heterocycles. The molecule has 3 rings (SSSR count). The molecular formula is C12H18N4O. The monoisotopic (exact) mass is 234 g/mol. The van der Waals surface area contributed by atoms with Crippen molar-refractivity contribution in [3.8, 4) is 0 Å². The van der Waals surface area contributed by atoms with Gasteiger partial charge in [-0.05, 0) is 19.0 Å². The Morgan fingerprint density at radius 1 is 1.47 bits per heavy atom. The van der Waals surface area contributed by atoms with Gasteiger partial charge in [-0.3, -0.25) is 0 Å². The molecule has 0 radical (unpaired) electrons. The smallest absolute Gasteiger partial charge is 0.225 e. The minimum Gasteiger partial charge on any atom is -0.371 e. The molecule has 2 unspecified atom stereocenters. The molecule has 1 spiro atoms. The molecule has 1 N–H and O–H groups in total. The Balaban J connectivity index is 1.70. The van der Waals surface area contributed by atoms with Crippen molar-refractivity contribution < 1.29 is 4.74 Å². The number of aromatic nitrogens is 2. The maximum atomic E-state index is 6.00. The summed E-state index contributed by atoms with van der Waals surface area (Å²) in [5.41, 5.74) is 0.0632. The average Bonchev–Trinajstić information content (AvgIpc) is 3.01. The summed E-state index contributed by atoms with van der Waals surface area (Å²) >= 11 is 0. The fourth-order valence-electron chi connectivity index (χ4n) is 2.72. The number of anilines is 1. The van der Waals surface area contributed by atoms with E-state index in [1.54, 1.807) is 12.4 Å². The van der Waals surface area contributed by atoms with Crippen molar-refractivity contribution in [3.63, 3.8) is 0 Å². The highest BCUT2D eigenvalue weighted by Crippen LogP contribution is 2.33. The first-order valence-corrected chi connectivity index (χ1v) is 6.14. The fraction of sp³-hybridized carbons (Fsp3) is 0.667. The summed E-state index contributed by atoms with van der Waals surface area (Å²) in [5, 5.41) is 3.38. The van der Waals surface area contributed by atoms with Crippen LogP contribution in [0.2, 0.25) is 0 Å². The van der Waals surface area contributed by atoms with Crippen LogP contribution in [0.25, 0.3) is 0 Å². The highest BCUT2D eigenvalue weighted by atomic mass is 16.5. The van der Waals surface area contributed by atoms with Crippen LogP contribution < -0.4 is 10.2 Å². The maximum Gasteiger partial charge on any atom is 0.225 e. The summed E-state index contributed by atoms with van der Waals surface area (Å²) in [6.07, 6.45) is 5.74. The Kier molecular flexibility index (Phi) is 2.72. The summed E-state index contributed by atoms with van der Waals surface area (Å²) < 4.78 is 6.00. The van der Waals surface area contributed by atoms with Gasteiger partial charge in [0.05, 0.1) is 18.2 Å². The molecule has 0 aliphatic carbocycles. The molecule has 1 aromatic rings. The zero-order chi connectivity index (χ0) is 11.7. The van der Waals surface area contributed by atoms with E-state index in [-0.39, 0.29) is 5.60 Å². The van der Waals surface area contributed by atoms with Crippen molar-refractivity contribution in [2.75, 3.05) is 31.6 Å². The Morgan fingerprint density at radius 2 is 2.29 bits per heavy atom. The van der Waals surface area contributed by atoms with Crippen molar-refractivity contribution in [1.82, 2.24) is 15.3 Å². The molecule has 5 heteroatoms. The summed E-state index contributed by atoms with van der Waals surface area (Å²) in [6.45, 7) is 2.82. The van der Waals surface area contributed by atoms with Crippen molar-refractivity contribution in [2.24, 2.45) is 0 Å². The lowest BCUT2D eigenvalue weighted by Gasteiger charge is -2.25. The first-order chi connectivity index (χ1) is 8.29. The molecule has 1 aromatic heterocycles. The van der Waals surface area contributed by atoms with Gasteiger partial charge < -0.3 is 15.0 Å². The molecular weight excluding hydrogens is 216 g/mol. The summed E-state index contributed by atoms with van der Waals surface area (Å²) in [7, 11) is 2.05. The van der Waals surface area contributed by atoms with Crippen LogP contribution in [0, 0.1) is 0 Å². The number of ether oxygens (including phenoxy) is 1. The van der Waals surface area contributed by atoms with Gasteiger partial charge in [0.2, 0.25) is 5.95 Å². The van der Waals surface area contributed by atoms with Crippen LogP contribution in [0.1, 0.15) is 12.8 Å². The lowest BCUT2D eigenvalue weighted by molar-refractivity contribution is 0.0212. The van der Waals surface area contributed by atoms with E-state index in [4.69, 9.17) is 4.74 Å². The molecule has 2 fully saturated rings. The second-order valence-electron chi connectivity index (χ2n) is 4.94. The van der Waals surface area contributed by atoms with E-state index in [1.165, 1.54) is 0 Å². The van der Waals surface area contributed by atoms with Crippen LogP contribution in [0.3, 0.4) is 0 Å². The number of nitrogens with zero attached hydrogens (tertiary/aromatic N) is 3. The Bertz CT molecular complexity index is 377. The van der Waals surface area contributed by atoms with Gasteiger partial charge in [-0.2, -0.15) is 0 Å². The Hall–Kier alpha value is -1.20. The summed E-state index contributed by atoms with van der Waals surface area (Å²) in [5.74, 6) is 0.782. The number of hydrogen-bond acceptors (Lipinski definition) is 5. The number of hydrogen-bond donors (Lipinski definition) is 1. The lowest BCUT2D eigenvalue weighted by atomic mass is 9.97. The van der Waals surface area contributed by atoms with Crippen LogP contribution in [-0.4, -0.2) is 48.4 Å². The molecule has 92 valence electrons. The van der Waals surface area contributed by atoms with Crippen LogP contribution in [0.5, 0.6) is 0 Å². The van der Waals surface area contributed by atoms with Crippen LogP contribution in [0.4, 0.5) is 5.95 Å². The van der Waals surface area contributed by atoms with Crippen molar-refractivity contribution in [2.45, 2.75) is 24.5 Å². The molecule has 0 saturated carbocycles. The van der Waals surface area contributed by atoms with Crippen molar-refractivity contribution >= 4 is 5.95 Å². The zero-order valence-electron chi connectivity index (χ0n) is 10.1. The standard InChI is InChI=1S/C12H18N4O/c1-16(11-14-4-2-5-15-11)10-7-12(17-8-10)3-6-13-9-12/h2,4-5,10,13H,3,6-9H2,1H3. The van der Waals surface area contributed by atoms with Gasteiger partial charge in [0.1, 0.15) is 0 Å². The number of nitrogens with one attached hydrogen (secondary N) is 1. The van der Waals surface area contributed by atoms with Gasteiger partial charge in [0, 0.05) is 32.4 Å². The first kappa shape index (κ1) is 10.9. The predicted molar refractivity (Wildman–Crippen MR) is 65.0 cm³/mol. The van der Waals surface area contributed by atoms with Gasteiger partial charge in [0.15, 0.2) is 0 Å². The summed E-state index contributed by atoms with van der Waals surface area (Å²) in [6, 6.07) is 2.22. The molecule has 2 saturated heterocycles. The molecule has 0 aromatic carbocycles. The third-order valence-electron chi connectivity index (χ3n) is 3.81. The molecule has 5 nitrogen and oxygen atoms in total.